The molecule has 0 N–H and O–H groups in total. The number of benzene rings is 1. The average molecular weight is 226 g/mol. The van der Waals surface area contributed by atoms with Gasteiger partial charge in [0.2, 0.25) is 0 Å². The maximum Gasteiger partial charge on any atom is 0.338 e. The fraction of sp³-hybridized carbons (Fsp3) is 0.364. The highest BCUT2D eigenvalue weighted by Crippen LogP contribution is 2.31. The van der Waals surface area contributed by atoms with Gasteiger partial charge in [0.05, 0.1) is 18.7 Å². The van der Waals surface area contributed by atoms with Gasteiger partial charge in [-0.3, -0.25) is 0 Å². The fourth-order valence-corrected chi connectivity index (χ4v) is 2.17. The smallest absolute Gasteiger partial charge is 0.338 e. The molecule has 3 nitrogen and oxygen atoms in total. The summed E-state index contributed by atoms with van der Waals surface area (Å²) in [5.74, 6) is -0.275. The van der Waals surface area contributed by atoms with Crippen molar-refractivity contribution in [1.29, 1.82) is 0 Å². The average Bonchev–Trinajstić information content (AvgIpc) is 2.70. The van der Waals surface area contributed by atoms with Crippen LogP contribution in [0.5, 0.6) is 0 Å². The molecule has 0 spiro atoms. The minimum Gasteiger partial charge on any atom is -0.465 e. The van der Waals surface area contributed by atoms with E-state index in [2.05, 4.69) is 0 Å². The molecule has 1 aliphatic rings. The molecule has 15 heavy (non-hydrogen) atoms. The Morgan fingerprint density at radius 1 is 1.60 bits per heavy atom. The molecule has 0 aromatic heterocycles. The number of halogens is 1. The van der Waals surface area contributed by atoms with Gasteiger partial charge in [-0.1, -0.05) is 6.07 Å². The first-order valence-electron chi connectivity index (χ1n) is 4.79. The van der Waals surface area contributed by atoms with Gasteiger partial charge in [-0.05, 0) is 24.1 Å². The number of anilines is 1. The Hall–Kier alpha value is -1.22. The normalized spacial score (nSPS) is 13.9. The lowest BCUT2D eigenvalue weighted by atomic mass is 10.1. The molecule has 0 saturated heterocycles. The molecule has 1 heterocycles. The van der Waals surface area contributed by atoms with Gasteiger partial charge in [-0.15, -0.1) is 11.6 Å². The van der Waals surface area contributed by atoms with E-state index >= 15 is 0 Å². The molecule has 0 saturated carbocycles. The van der Waals surface area contributed by atoms with E-state index in [0.717, 1.165) is 24.2 Å². The number of carbonyl (C=O) groups excluding carboxylic acids is 1. The largest absolute Gasteiger partial charge is 0.465 e. The number of carbonyl (C=O) groups is 1. The van der Waals surface area contributed by atoms with Crippen LogP contribution in [0.3, 0.4) is 0 Å². The van der Waals surface area contributed by atoms with Crippen molar-refractivity contribution in [1.82, 2.24) is 0 Å². The van der Waals surface area contributed by atoms with Gasteiger partial charge < -0.3 is 9.64 Å². The number of nitrogens with zero attached hydrogens (tertiary/aromatic N) is 1. The number of ether oxygens (including phenoxy) is 1. The second-order valence-corrected chi connectivity index (χ2v) is 3.67. The predicted octanol–water partition coefficient (Wildman–Crippen LogP) is 2.03. The molecule has 0 radical (unpaired) electrons. The monoisotopic (exact) mass is 225 g/mol. The first-order chi connectivity index (χ1) is 7.27. The Labute approximate surface area is 93.6 Å². The maximum absolute atomic E-state index is 11.5. The molecule has 1 aromatic rings. The van der Waals surface area contributed by atoms with Crippen molar-refractivity contribution in [3.8, 4) is 0 Å². The molecule has 0 amide bonds. The van der Waals surface area contributed by atoms with Crippen LogP contribution < -0.4 is 4.90 Å². The number of fused-ring (bicyclic) bond motifs is 1. The van der Waals surface area contributed by atoms with E-state index in [1.165, 1.54) is 7.11 Å². The molecule has 1 aliphatic heterocycles. The molecule has 1 aromatic carbocycles. The van der Waals surface area contributed by atoms with E-state index in [1.807, 2.05) is 17.0 Å². The van der Waals surface area contributed by atoms with E-state index in [-0.39, 0.29) is 5.97 Å². The summed E-state index contributed by atoms with van der Waals surface area (Å²) in [5, 5.41) is 0. The zero-order valence-corrected chi connectivity index (χ0v) is 9.25. The van der Waals surface area contributed by atoms with Crippen molar-refractivity contribution in [2.24, 2.45) is 0 Å². The quantitative estimate of drug-likeness (QED) is 0.438. The summed E-state index contributed by atoms with van der Waals surface area (Å²) in [5.41, 5.74) is 2.75. The molecule has 0 atom stereocenters. The van der Waals surface area contributed by atoms with Crippen LogP contribution in [0.15, 0.2) is 18.2 Å². The first-order valence-corrected chi connectivity index (χ1v) is 5.32. The van der Waals surface area contributed by atoms with Crippen molar-refractivity contribution in [2.75, 3.05) is 24.6 Å². The van der Waals surface area contributed by atoms with Crippen LogP contribution in [0.4, 0.5) is 5.69 Å². The molecule has 0 fully saturated rings. The molecular weight excluding hydrogens is 214 g/mol. The van der Waals surface area contributed by atoms with Crippen molar-refractivity contribution >= 4 is 23.3 Å². The molecule has 80 valence electrons. The number of methoxy groups -OCH3 is 1. The highest BCUT2D eigenvalue weighted by molar-refractivity contribution is 6.19. The van der Waals surface area contributed by atoms with Crippen molar-refractivity contribution in [3.05, 3.63) is 29.3 Å². The first kappa shape index (κ1) is 10.3. The third-order valence-electron chi connectivity index (χ3n) is 2.67. The van der Waals surface area contributed by atoms with Gasteiger partial charge in [0.25, 0.3) is 0 Å². The molecule has 4 heteroatoms. The van der Waals surface area contributed by atoms with Crippen LogP contribution >= 0.6 is 11.6 Å². The highest BCUT2D eigenvalue weighted by Gasteiger charge is 2.23. The minimum absolute atomic E-state index is 0.275. The second kappa shape index (κ2) is 4.11. The van der Waals surface area contributed by atoms with Crippen LogP contribution in [0.25, 0.3) is 0 Å². The topological polar surface area (TPSA) is 29.5 Å². The van der Waals surface area contributed by atoms with Crippen LogP contribution in [-0.4, -0.2) is 25.6 Å². The van der Waals surface area contributed by atoms with Gasteiger partial charge >= 0.3 is 5.97 Å². The van der Waals surface area contributed by atoms with Gasteiger partial charge in [-0.2, -0.15) is 0 Å². The summed E-state index contributed by atoms with van der Waals surface area (Å²) in [7, 11) is 1.40. The van der Waals surface area contributed by atoms with Crippen LogP contribution in [0, 0.1) is 0 Å². The lowest BCUT2D eigenvalue weighted by Crippen LogP contribution is -2.17. The number of hydrogen-bond acceptors (Lipinski definition) is 3. The Balaban J connectivity index is 2.44. The number of alkyl halides is 1. The zero-order valence-electron chi connectivity index (χ0n) is 8.50. The van der Waals surface area contributed by atoms with E-state index in [4.69, 9.17) is 16.3 Å². The Morgan fingerprint density at radius 3 is 3.07 bits per heavy atom. The van der Waals surface area contributed by atoms with Crippen LogP contribution in [0.1, 0.15) is 15.9 Å². The molecular formula is C11H12ClNO2. The molecule has 2 rings (SSSR count). The van der Waals surface area contributed by atoms with Gasteiger partial charge in [-0.25, -0.2) is 4.79 Å². The molecule has 0 unspecified atom stereocenters. The summed E-state index contributed by atoms with van der Waals surface area (Å²) in [6.45, 7) is 0.868. The SMILES string of the molecule is COC(=O)c1cccc2c1CCN2CCl. The Morgan fingerprint density at radius 2 is 2.40 bits per heavy atom. The highest BCUT2D eigenvalue weighted by atomic mass is 35.5. The Kier molecular flexibility index (Phi) is 2.82. The third-order valence-corrected chi connectivity index (χ3v) is 2.96. The summed E-state index contributed by atoms with van der Waals surface area (Å²) in [6, 6.07) is 6.09. The molecule has 0 bridgehead atoms. The van der Waals surface area contributed by atoms with Crippen molar-refractivity contribution in [2.45, 2.75) is 6.42 Å². The van der Waals surface area contributed by atoms with Crippen LogP contribution in [0.2, 0.25) is 0 Å². The lowest BCUT2D eigenvalue weighted by Gasteiger charge is -2.15. The minimum atomic E-state index is -0.275. The van der Waals surface area contributed by atoms with Gasteiger partial charge in [0.15, 0.2) is 0 Å². The van der Waals surface area contributed by atoms with E-state index in [9.17, 15) is 4.79 Å². The number of hydrogen-bond donors (Lipinski definition) is 0. The number of esters is 1. The van der Waals surface area contributed by atoms with Crippen molar-refractivity contribution in [3.63, 3.8) is 0 Å². The lowest BCUT2D eigenvalue weighted by molar-refractivity contribution is 0.0600. The number of rotatable bonds is 2. The van der Waals surface area contributed by atoms with Gasteiger partial charge in [0.1, 0.15) is 0 Å². The van der Waals surface area contributed by atoms with Crippen LogP contribution in [-0.2, 0) is 11.2 Å². The zero-order chi connectivity index (χ0) is 10.8. The Bertz CT molecular complexity index is 392. The summed E-state index contributed by atoms with van der Waals surface area (Å²) in [4.78, 5) is 13.5. The molecule has 0 aliphatic carbocycles. The summed E-state index contributed by atoms with van der Waals surface area (Å²) in [6.07, 6.45) is 0.854. The maximum atomic E-state index is 11.5. The van der Waals surface area contributed by atoms with Crippen molar-refractivity contribution < 1.29 is 9.53 Å². The van der Waals surface area contributed by atoms with E-state index in [1.54, 1.807) is 6.07 Å². The fourth-order valence-electron chi connectivity index (χ4n) is 1.93. The summed E-state index contributed by atoms with van der Waals surface area (Å²) < 4.78 is 4.74. The standard InChI is InChI=1S/C11H12ClNO2/c1-15-11(14)9-3-2-4-10-8(9)5-6-13(10)7-12/h2-4H,5-7H2,1H3. The predicted molar refractivity (Wildman–Crippen MR) is 59.6 cm³/mol. The second-order valence-electron chi connectivity index (χ2n) is 3.43. The summed E-state index contributed by atoms with van der Waals surface area (Å²) >= 11 is 5.81. The van der Waals surface area contributed by atoms with E-state index < -0.39 is 0 Å². The third kappa shape index (κ3) is 1.67. The van der Waals surface area contributed by atoms with Gasteiger partial charge in [0, 0.05) is 12.2 Å². The van der Waals surface area contributed by atoms with E-state index in [0.29, 0.717) is 11.6 Å².